The fourth-order valence-electron chi connectivity index (χ4n) is 4.89. The summed E-state index contributed by atoms with van der Waals surface area (Å²) in [5, 5.41) is 7.07. The fourth-order valence-corrected chi connectivity index (χ4v) is 5.11. The second-order valence-electron chi connectivity index (χ2n) is 8.29. The number of hydrogen-bond donors (Lipinski definition) is 1. The van der Waals surface area contributed by atoms with Gasteiger partial charge in [-0.1, -0.05) is 103 Å². The van der Waals surface area contributed by atoms with E-state index >= 15 is 0 Å². The van der Waals surface area contributed by atoms with E-state index in [1.165, 1.54) is 6.07 Å². The highest BCUT2D eigenvalue weighted by atomic mass is 35.5. The Morgan fingerprint density at radius 3 is 1.76 bits per heavy atom. The van der Waals surface area contributed by atoms with Crippen LogP contribution in [0.25, 0.3) is 21.8 Å². The molecule has 5 heteroatoms. The highest BCUT2D eigenvalue weighted by molar-refractivity contribution is 6.34. The molecule has 1 N–H and O–H groups in total. The van der Waals surface area contributed by atoms with Crippen LogP contribution in [0.2, 0.25) is 5.15 Å². The molecule has 0 fully saturated rings. The summed E-state index contributed by atoms with van der Waals surface area (Å²) in [4.78, 5) is 15.0. The highest BCUT2D eigenvalue weighted by Gasteiger charge is 2.40. The summed E-state index contributed by atoms with van der Waals surface area (Å²) in [5.41, 5.74) is 3.78. The van der Waals surface area contributed by atoms with Gasteiger partial charge >= 0.3 is 0 Å². The van der Waals surface area contributed by atoms with Gasteiger partial charge in [0.25, 0.3) is 0 Å². The smallest absolute Gasteiger partial charge is 0.248 e. The predicted molar refractivity (Wildman–Crippen MR) is 137 cm³/mol. The molecular weight excluding hydrogens is 442 g/mol. The Bertz CT molecular complexity index is 1580. The second kappa shape index (κ2) is 8.01. The van der Waals surface area contributed by atoms with Crippen molar-refractivity contribution in [3.8, 4) is 0 Å². The molecule has 4 aromatic carbocycles. The number of fused-ring (bicyclic) bond motifs is 2. The van der Waals surface area contributed by atoms with Crippen molar-refractivity contribution in [3.05, 3.63) is 147 Å². The van der Waals surface area contributed by atoms with Gasteiger partial charge in [0.2, 0.25) is 5.56 Å². The largest absolute Gasteiger partial charge is 0.322 e. The Hall–Kier alpha value is -4.15. The maximum atomic E-state index is 12.1. The van der Waals surface area contributed by atoms with E-state index in [0.717, 1.165) is 38.5 Å². The zero-order valence-electron chi connectivity index (χ0n) is 18.2. The maximum absolute atomic E-state index is 12.1. The molecule has 6 aromatic rings. The van der Waals surface area contributed by atoms with E-state index in [1.54, 1.807) is 6.07 Å². The summed E-state index contributed by atoms with van der Waals surface area (Å²) in [7, 11) is 0. The van der Waals surface area contributed by atoms with Crippen LogP contribution in [0.1, 0.15) is 16.7 Å². The third-order valence-corrected chi connectivity index (χ3v) is 6.65. The van der Waals surface area contributed by atoms with Crippen LogP contribution in [-0.4, -0.2) is 14.8 Å². The number of halogens is 1. The maximum Gasteiger partial charge on any atom is 0.248 e. The van der Waals surface area contributed by atoms with Gasteiger partial charge in [0.15, 0.2) is 5.15 Å². The van der Waals surface area contributed by atoms with Crippen LogP contribution in [0.15, 0.2) is 120 Å². The fraction of sp³-hybridized carbons (Fsp3) is 0.0345. The summed E-state index contributed by atoms with van der Waals surface area (Å²) in [6, 6.07) is 38.2. The van der Waals surface area contributed by atoms with Crippen molar-refractivity contribution in [2.75, 3.05) is 0 Å². The number of benzene rings is 4. The summed E-state index contributed by atoms with van der Waals surface area (Å²) in [6.45, 7) is 0. The first kappa shape index (κ1) is 20.5. The lowest BCUT2D eigenvalue weighted by Crippen LogP contribution is -2.38. The van der Waals surface area contributed by atoms with Crippen LogP contribution >= 0.6 is 11.6 Å². The van der Waals surface area contributed by atoms with E-state index in [0.29, 0.717) is 5.15 Å². The summed E-state index contributed by atoms with van der Waals surface area (Å²) < 4.78 is 2.00. The van der Waals surface area contributed by atoms with Crippen LogP contribution in [0.3, 0.4) is 0 Å². The van der Waals surface area contributed by atoms with Gasteiger partial charge in [0, 0.05) is 11.5 Å². The lowest BCUT2D eigenvalue weighted by atomic mass is 9.77. The molecule has 34 heavy (non-hydrogen) atoms. The molecule has 0 saturated carbocycles. The van der Waals surface area contributed by atoms with Gasteiger partial charge in [0.05, 0.1) is 11.0 Å². The van der Waals surface area contributed by atoms with Gasteiger partial charge in [-0.05, 0) is 40.3 Å². The minimum Gasteiger partial charge on any atom is -0.322 e. The lowest BCUT2D eigenvalue weighted by Gasteiger charge is -2.37. The number of rotatable bonds is 4. The minimum absolute atomic E-state index is 0.149. The SMILES string of the molecule is O=c1ccc2cc3c(Cl)nn(C(c4ccccc4)(c4ccccc4)c4ccccc4)c3cc2[nH]1. The molecule has 4 nitrogen and oxygen atoms in total. The van der Waals surface area contributed by atoms with Gasteiger partial charge in [-0.15, -0.1) is 0 Å². The minimum atomic E-state index is -0.794. The van der Waals surface area contributed by atoms with Crippen LogP contribution in [0.5, 0.6) is 0 Å². The lowest BCUT2D eigenvalue weighted by molar-refractivity contribution is 0.476. The molecule has 0 saturated heterocycles. The van der Waals surface area contributed by atoms with E-state index in [2.05, 4.69) is 41.4 Å². The number of aromatic nitrogens is 3. The number of hydrogen-bond acceptors (Lipinski definition) is 2. The molecule has 0 aliphatic heterocycles. The molecule has 2 heterocycles. The van der Waals surface area contributed by atoms with Crippen LogP contribution in [0.4, 0.5) is 0 Å². The Balaban J connectivity index is 1.82. The van der Waals surface area contributed by atoms with Crippen molar-refractivity contribution < 1.29 is 0 Å². The van der Waals surface area contributed by atoms with Gasteiger partial charge in [-0.3, -0.25) is 4.79 Å². The van der Waals surface area contributed by atoms with Crippen molar-refractivity contribution in [2.45, 2.75) is 5.54 Å². The Labute approximate surface area is 201 Å². The van der Waals surface area contributed by atoms with E-state index in [1.807, 2.05) is 71.4 Å². The van der Waals surface area contributed by atoms with Crippen molar-refractivity contribution in [3.63, 3.8) is 0 Å². The molecule has 0 aliphatic carbocycles. The van der Waals surface area contributed by atoms with Crippen molar-refractivity contribution in [1.29, 1.82) is 0 Å². The monoisotopic (exact) mass is 461 g/mol. The first-order valence-electron chi connectivity index (χ1n) is 11.1. The molecule has 0 bridgehead atoms. The topological polar surface area (TPSA) is 50.7 Å². The van der Waals surface area contributed by atoms with Crippen LogP contribution < -0.4 is 5.56 Å². The van der Waals surface area contributed by atoms with Crippen molar-refractivity contribution in [2.24, 2.45) is 0 Å². The molecule has 0 unspecified atom stereocenters. The third kappa shape index (κ3) is 3.07. The molecule has 2 aromatic heterocycles. The molecule has 164 valence electrons. The molecule has 0 amide bonds. The quantitative estimate of drug-likeness (QED) is 0.310. The molecule has 0 aliphatic rings. The second-order valence-corrected chi connectivity index (χ2v) is 8.65. The Morgan fingerprint density at radius 2 is 1.24 bits per heavy atom. The summed E-state index contributed by atoms with van der Waals surface area (Å²) in [5.74, 6) is 0. The third-order valence-electron chi connectivity index (χ3n) is 6.37. The van der Waals surface area contributed by atoms with Gasteiger partial charge < -0.3 is 4.98 Å². The molecule has 0 spiro atoms. The summed E-state index contributed by atoms with van der Waals surface area (Å²) >= 11 is 6.77. The Morgan fingerprint density at radius 1 is 0.706 bits per heavy atom. The first-order chi connectivity index (χ1) is 16.7. The number of H-pyrrole nitrogens is 1. The number of nitrogens with zero attached hydrogens (tertiary/aromatic N) is 2. The van der Waals surface area contributed by atoms with Crippen LogP contribution in [-0.2, 0) is 5.54 Å². The van der Waals surface area contributed by atoms with E-state index in [4.69, 9.17) is 16.7 Å². The predicted octanol–water partition coefficient (Wildman–Crippen LogP) is 6.37. The van der Waals surface area contributed by atoms with Gasteiger partial charge in [0.1, 0.15) is 5.54 Å². The molecule has 0 radical (unpaired) electrons. The molecular formula is C29H20ClN3O. The standard InChI is InChI=1S/C29H20ClN3O/c30-28-24-18-20-16-17-27(34)31-25(20)19-26(24)33(32-28)29(21-10-4-1-5-11-21,22-12-6-2-7-13-22)23-14-8-3-9-15-23/h1-19H,(H,31,34). The van der Waals surface area contributed by atoms with E-state index in [9.17, 15) is 4.79 Å². The number of nitrogens with one attached hydrogen (secondary N) is 1. The average molecular weight is 462 g/mol. The van der Waals surface area contributed by atoms with Gasteiger partial charge in [-0.25, -0.2) is 4.68 Å². The zero-order valence-corrected chi connectivity index (χ0v) is 18.9. The zero-order chi connectivity index (χ0) is 23.1. The average Bonchev–Trinajstić information content (AvgIpc) is 3.20. The molecule has 6 rings (SSSR count). The van der Waals surface area contributed by atoms with E-state index < -0.39 is 5.54 Å². The Kier molecular flexibility index (Phi) is 4.82. The molecule has 0 atom stereocenters. The van der Waals surface area contributed by atoms with Crippen LogP contribution in [0, 0.1) is 0 Å². The van der Waals surface area contributed by atoms with Gasteiger partial charge in [-0.2, -0.15) is 5.10 Å². The normalized spacial score (nSPS) is 11.8. The highest BCUT2D eigenvalue weighted by Crippen LogP contribution is 2.43. The van der Waals surface area contributed by atoms with E-state index in [-0.39, 0.29) is 5.56 Å². The number of aromatic amines is 1. The van der Waals surface area contributed by atoms with Crippen molar-refractivity contribution >= 4 is 33.4 Å². The first-order valence-corrected chi connectivity index (χ1v) is 11.4. The number of pyridine rings is 1. The summed E-state index contributed by atoms with van der Waals surface area (Å²) in [6.07, 6.45) is 0. The van der Waals surface area contributed by atoms with Crippen molar-refractivity contribution in [1.82, 2.24) is 14.8 Å².